The van der Waals surface area contributed by atoms with Crippen LogP contribution in [0.1, 0.15) is 60.9 Å². The van der Waals surface area contributed by atoms with Crippen molar-refractivity contribution in [1.82, 2.24) is 20.2 Å². The molecular formula is C24H33N5O3. The molecule has 3 aromatic heterocycles. The number of amides is 1. The van der Waals surface area contributed by atoms with Crippen molar-refractivity contribution in [2.75, 3.05) is 37.6 Å². The first-order valence-electron chi connectivity index (χ1n) is 11.7. The summed E-state index contributed by atoms with van der Waals surface area (Å²) in [6.07, 6.45) is 8.95. The third-order valence-electron chi connectivity index (χ3n) is 6.03. The van der Waals surface area contributed by atoms with Crippen molar-refractivity contribution in [3.05, 3.63) is 41.8 Å². The lowest BCUT2D eigenvalue weighted by Gasteiger charge is -2.28. The Hall–Kier alpha value is -2.87. The Bertz CT molecular complexity index is 1010. The number of carbonyl (C=O) groups excluding carboxylic acids is 1. The van der Waals surface area contributed by atoms with Crippen molar-refractivity contribution in [2.45, 2.75) is 52.5 Å². The summed E-state index contributed by atoms with van der Waals surface area (Å²) in [5.41, 5.74) is 1.03. The minimum absolute atomic E-state index is 0.136. The summed E-state index contributed by atoms with van der Waals surface area (Å²) >= 11 is 0. The lowest BCUT2D eigenvalue weighted by atomic mass is 10.1. The molecule has 1 aliphatic rings. The second kappa shape index (κ2) is 10.6. The highest BCUT2D eigenvalue weighted by Crippen LogP contribution is 2.32. The maximum Gasteiger partial charge on any atom is 0.255 e. The number of unbranched alkanes of at least 4 members (excludes halogenated alkanes) is 1. The van der Waals surface area contributed by atoms with E-state index in [1.54, 1.807) is 6.26 Å². The van der Waals surface area contributed by atoms with Gasteiger partial charge in [-0.05, 0) is 51.3 Å². The molecule has 0 bridgehead atoms. The Morgan fingerprint density at radius 1 is 1.22 bits per heavy atom. The van der Waals surface area contributed by atoms with Crippen LogP contribution < -0.4 is 10.2 Å². The molecule has 4 rings (SSSR count). The van der Waals surface area contributed by atoms with Crippen LogP contribution in [-0.2, 0) is 6.54 Å². The highest BCUT2D eigenvalue weighted by atomic mass is 16.3. The van der Waals surface area contributed by atoms with Gasteiger partial charge < -0.3 is 19.1 Å². The van der Waals surface area contributed by atoms with E-state index in [0.717, 1.165) is 75.4 Å². The zero-order chi connectivity index (χ0) is 22.3. The molecule has 1 N–H and O–H groups in total. The number of piperidine rings is 1. The molecule has 0 atom stereocenters. The van der Waals surface area contributed by atoms with Gasteiger partial charge in [-0.3, -0.25) is 9.69 Å². The van der Waals surface area contributed by atoms with Gasteiger partial charge in [0, 0.05) is 26.2 Å². The topological polar surface area (TPSA) is 87.6 Å². The number of hydrogen-bond acceptors (Lipinski definition) is 7. The Labute approximate surface area is 189 Å². The van der Waals surface area contributed by atoms with Crippen LogP contribution in [0.4, 0.5) is 5.82 Å². The lowest BCUT2D eigenvalue weighted by Crippen LogP contribution is -2.35. The highest BCUT2D eigenvalue weighted by molar-refractivity contribution is 6.10. The number of fused-ring (bicyclic) bond motifs is 1. The molecule has 1 aliphatic heterocycles. The van der Waals surface area contributed by atoms with Crippen LogP contribution in [0.5, 0.6) is 0 Å². The van der Waals surface area contributed by atoms with Gasteiger partial charge in [-0.15, -0.1) is 0 Å². The van der Waals surface area contributed by atoms with Crippen molar-refractivity contribution in [3.63, 3.8) is 0 Å². The zero-order valence-corrected chi connectivity index (χ0v) is 19.1. The molecule has 8 nitrogen and oxygen atoms in total. The molecule has 1 fully saturated rings. The molecule has 0 aromatic carbocycles. The van der Waals surface area contributed by atoms with E-state index in [-0.39, 0.29) is 5.91 Å². The molecule has 8 heteroatoms. The number of rotatable bonds is 10. The first-order valence-corrected chi connectivity index (χ1v) is 11.7. The van der Waals surface area contributed by atoms with Gasteiger partial charge in [0.25, 0.3) is 5.91 Å². The number of nitrogens with zero attached hydrogens (tertiary/aromatic N) is 4. The van der Waals surface area contributed by atoms with Crippen molar-refractivity contribution in [2.24, 2.45) is 0 Å². The van der Waals surface area contributed by atoms with E-state index in [1.807, 2.05) is 19.1 Å². The van der Waals surface area contributed by atoms with Crippen LogP contribution in [0.15, 0.2) is 33.6 Å². The average Bonchev–Trinajstić information content (AvgIpc) is 3.44. The molecule has 3 aromatic rings. The number of carbonyl (C=O) groups is 1. The zero-order valence-electron chi connectivity index (χ0n) is 19.1. The van der Waals surface area contributed by atoms with E-state index in [4.69, 9.17) is 8.83 Å². The molecule has 1 saturated heterocycles. The first kappa shape index (κ1) is 22.3. The standard InChI is InChI=1S/C24H33N5O3/c1-3-4-11-28(16-19-9-8-15-31-19)14-10-25-23(30)20-18(2)32-24-21(20)22(26-17-27-24)29-12-6-5-7-13-29/h8-9,15,17H,3-7,10-14,16H2,1-2H3,(H,25,30). The molecule has 0 radical (unpaired) electrons. The smallest absolute Gasteiger partial charge is 0.255 e. The molecule has 1 amide bonds. The Morgan fingerprint density at radius 2 is 2.06 bits per heavy atom. The van der Waals surface area contributed by atoms with E-state index in [9.17, 15) is 4.79 Å². The van der Waals surface area contributed by atoms with Crippen LogP contribution in [-0.4, -0.2) is 53.5 Å². The van der Waals surface area contributed by atoms with Crippen LogP contribution >= 0.6 is 0 Å². The molecule has 172 valence electrons. The number of nitrogens with one attached hydrogen (secondary N) is 1. The van der Waals surface area contributed by atoms with Crippen molar-refractivity contribution >= 4 is 22.8 Å². The van der Waals surface area contributed by atoms with Gasteiger partial charge in [-0.2, -0.15) is 0 Å². The van der Waals surface area contributed by atoms with E-state index in [1.165, 1.54) is 12.7 Å². The largest absolute Gasteiger partial charge is 0.468 e. The summed E-state index contributed by atoms with van der Waals surface area (Å²) < 4.78 is 11.3. The molecule has 0 aliphatic carbocycles. The molecule has 0 saturated carbocycles. The fourth-order valence-corrected chi connectivity index (χ4v) is 4.34. The van der Waals surface area contributed by atoms with Gasteiger partial charge in [0.15, 0.2) is 0 Å². The fourth-order valence-electron chi connectivity index (χ4n) is 4.34. The normalized spacial score (nSPS) is 14.4. The van der Waals surface area contributed by atoms with Crippen molar-refractivity contribution in [1.29, 1.82) is 0 Å². The summed E-state index contributed by atoms with van der Waals surface area (Å²) in [5, 5.41) is 3.81. The van der Waals surface area contributed by atoms with E-state index in [2.05, 4.69) is 32.0 Å². The SMILES string of the molecule is CCCCN(CCNC(=O)c1c(C)oc2ncnc(N3CCCCC3)c12)Cc1ccco1. The van der Waals surface area contributed by atoms with E-state index >= 15 is 0 Å². The highest BCUT2D eigenvalue weighted by Gasteiger charge is 2.25. The van der Waals surface area contributed by atoms with E-state index < -0.39 is 0 Å². The number of furan rings is 2. The molecule has 0 unspecified atom stereocenters. The minimum atomic E-state index is -0.136. The van der Waals surface area contributed by atoms with Gasteiger partial charge in [0.1, 0.15) is 23.7 Å². The quantitative estimate of drug-likeness (QED) is 0.508. The maximum atomic E-state index is 13.2. The van der Waals surface area contributed by atoms with Crippen LogP contribution in [0.2, 0.25) is 0 Å². The van der Waals surface area contributed by atoms with Crippen molar-refractivity contribution < 1.29 is 13.6 Å². The Balaban J connectivity index is 1.46. The molecule has 0 spiro atoms. The lowest BCUT2D eigenvalue weighted by molar-refractivity contribution is 0.0947. The monoisotopic (exact) mass is 439 g/mol. The Kier molecular flexibility index (Phi) is 7.42. The third-order valence-corrected chi connectivity index (χ3v) is 6.03. The number of aryl methyl sites for hydroxylation is 1. The number of hydrogen-bond donors (Lipinski definition) is 1. The second-order valence-electron chi connectivity index (χ2n) is 8.42. The average molecular weight is 440 g/mol. The predicted octanol–water partition coefficient (Wildman–Crippen LogP) is 4.15. The van der Waals surface area contributed by atoms with Gasteiger partial charge in [-0.1, -0.05) is 13.3 Å². The van der Waals surface area contributed by atoms with E-state index in [0.29, 0.717) is 23.6 Å². The molecule has 4 heterocycles. The maximum absolute atomic E-state index is 13.2. The fraction of sp³-hybridized carbons (Fsp3) is 0.542. The predicted molar refractivity (Wildman–Crippen MR) is 124 cm³/mol. The van der Waals surface area contributed by atoms with Crippen LogP contribution in [0.25, 0.3) is 11.1 Å². The summed E-state index contributed by atoms with van der Waals surface area (Å²) in [6, 6.07) is 3.89. The van der Waals surface area contributed by atoms with Gasteiger partial charge in [0.2, 0.25) is 5.71 Å². The van der Waals surface area contributed by atoms with Crippen molar-refractivity contribution in [3.8, 4) is 0 Å². The first-order chi connectivity index (χ1) is 15.7. The number of anilines is 1. The minimum Gasteiger partial charge on any atom is -0.468 e. The van der Waals surface area contributed by atoms with Crippen LogP contribution in [0, 0.1) is 6.92 Å². The summed E-state index contributed by atoms with van der Waals surface area (Å²) in [6.45, 7) is 8.88. The summed E-state index contributed by atoms with van der Waals surface area (Å²) in [7, 11) is 0. The summed E-state index contributed by atoms with van der Waals surface area (Å²) in [4.78, 5) is 26.6. The van der Waals surface area contributed by atoms with Gasteiger partial charge in [-0.25, -0.2) is 9.97 Å². The second-order valence-corrected chi connectivity index (χ2v) is 8.42. The number of aromatic nitrogens is 2. The third kappa shape index (κ3) is 5.12. The van der Waals surface area contributed by atoms with Crippen LogP contribution in [0.3, 0.4) is 0 Å². The van der Waals surface area contributed by atoms with Gasteiger partial charge in [0.05, 0.1) is 23.8 Å². The molecular weight excluding hydrogens is 406 g/mol. The molecule has 32 heavy (non-hydrogen) atoms. The van der Waals surface area contributed by atoms with Gasteiger partial charge >= 0.3 is 0 Å². The summed E-state index contributed by atoms with van der Waals surface area (Å²) in [5.74, 6) is 2.18. The Morgan fingerprint density at radius 3 is 2.81 bits per heavy atom.